The van der Waals surface area contributed by atoms with Gasteiger partial charge in [-0.15, -0.1) is 0 Å². The van der Waals surface area contributed by atoms with Crippen LogP contribution in [0.15, 0.2) is 4.52 Å². The predicted octanol–water partition coefficient (Wildman–Crippen LogP) is 0.403. The van der Waals surface area contributed by atoms with Crippen LogP contribution in [0.1, 0.15) is 31.0 Å². The summed E-state index contributed by atoms with van der Waals surface area (Å²) in [7, 11) is 0. The first-order valence-electron chi connectivity index (χ1n) is 6.95. The fraction of sp³-hybridized carbons (Fsp3) is 0.692. The summed E-state index contributed by atoms with van der Waals surface area (Å²) < 4.78 is 10.2. The topological polar surface area (TPSA) is 106 Å². The molecule has 1 fully saturated rings. The second-order valence-electron chi connectivity index (χ2n) is 5.02. The number of aromatic nitrogens is 2. The Morgan fingerprint density at radius 2 is 2.14 bits per heavy atom. The molecule has 1 saturated heterocycles. The van der Waals surface area contributed by atoms with E-state index in [2.05, 4.69) is 10.1 Å². The van der Waals surface area contributed by atoms with E-state index in [9.17, 15) is 9.59 Å². The van der Waals surface area contributed by atoms with Crippen LogP contribution in [0.4, 0.5) is 0 Å². The number of likely N-dealkylation sites (tertiary alicyclic amines) is 1. The van der Waals surface area contributed by atoms with Gasteiger partial charge in [-0.2, -0.15) is 4.98 Å². The second-order valence-corrected chi connectivity index (χ2v) is 5.02. The highest BCUT2D eigenvalue weighted by atomic mass is 16.5. The van der Waals surface area contributed by atoms with Crippen LogP contribution in [0.25, 0.3) is 0 Å². The molecule has 2 rings (SSSR count). The van der Waals surface area contributed by atoms with E-state index < -0.39 is 5.97 Å². The van der Waals surface area contributed by atoms with Crippen molar-refractivity contribution < 1.29 is 24.0 Å². The van der Waals surface area contributed by atoms with Crippen molar-refractivity contribution in [1.29, 1.82) is 0 Å². The summed E-state index contributed by atoms with van der Waals surface area (Å²) in [5.74, 6) is 0.111. The average molecular weight is 297 g/mol. The number of piperidine rings is 1. The zero-order valence-electron chi connectivity index (χ0n) is 11.9. The largest absolute Gasteiger partial charge is 0.480 e. The maximum Gasteiger partial charge on any atom is 0.329 e. The molecule has 116 valence electrons. The lowest BCUT2D eigenvalue weighted by molar-refractivity contribution is -0.146. The van der Waals surface area contributed by atoms with Gasteiger partial charge in [0.25, 0.3) is 0 Å². The zero-order valence-corrected chi connectivity index (χ0v) is 11.9. The number of aliphatic carboxylic acids is 1. The van der Waals surface area contributed by atoms with Crippen LogP contribution in [0.2, 0.25) is 0 Å². The van der Waals surface area contributed by atoms with Gasteiger partial charge in [-0.05, 0) is 19.8 Å². The number of hydrogen-bond donors (Lipinski definition) is 1. The lowest BCUT2D eigenvalue weighted by Gasteiger charge is -2.31. The average Bonchev–Trinajstić information content (AvgIpc) is 2.89. The minimum absolute atomic E-state index is 0.0440. The van der Waals surface area contributed by atoms with E-state index >= 15 is 0 Å². The van der Waals surface area contributed by atoms with Crippen molar-refractivity contribution in [2.24, 2.45) is 0 Å². The molecule has 2 heterocycles. The molecular weight excluding hydrogens is 278 g/mol. The lowest BCUT2D eigenvalue weighted by Crippen LogP contribution is -2.41. The van der Waals surface area contributed by atoms with Gasteiger partial charge < -0.3 is 19.3 Å². The van der Waals surface area contributed by atoms with Crippen LogP contribution in [0, 0.1) is 6.92 Å². The number of rotatable bonds is 6. The summed E-state index contributed by atoms with van der Waals surface area (Å²) in [6, 6.07) is 0. The van der Waals surface area contributed by atoms with Crippen molar-refractivity contribution in [3.8, 4) is 0 Å². The normalized spacial score (nSPS) is 16.1. The molecule has 1 aliphatic rings. The summed E-state index contributed by atoms with van der Waals surface area (Å²) in [6.45, 7) is 2.63. The van der Waals surface area contributed by atoms with E-state index in [1.165, 1.54) is 0 Å². The summed E-state index contributed by atoms with van der Waals surface area (Å²) in [4.78, 5) is 28.3. The van der Waals surface area contributed by atoms with E-state index in [0.29, 0.717) is 50.5 Å². The Morgan fingerprint density at radius 1 is 1.43 bits per heavy atom. The van der Waals surface area contributed by atoms with E-state index in [4.69, 9.17) is 14.4 Å². The highest BCUT2D eigenvalue weighted by molar-refractivity contribution is 5.76. The van der Waals surface area contributed by atoms with Gasteiger partial charge in [0.05, 0.1) is 6.10 Å². The van der Waals surface area contributed by atoms with Crippen molar-refractivity contribution in [2.75, 3.05) is 19.7 Å². The Kier molecular flexibility index (Phi) is 5.26. The van der Waals surface area contributed by atoms with Crippen LogP contribution in [-0.4, -0.2) is 57.8 Å². The quantitative estimate of drug-likeness (QED) is 0.810. The molecule has 1 amide bonds. The van der Waals surface area contributed by atoms with Gasteiger partial charge in [0.15, 0.2) is 5.82 Å². The van der Waals surface area contributed by atoms with Gasteiger partial charge in [-0.3, -0.25) is 4.79 Å². The monoisotopic (exact) mass is 297 g/mol. The number of amides is 1. The van der Waals surface area contributed by atoms with Crippen LogP contribution in [-0.2, 0) is 20.7 Å². The first-order valence-corrected chi connectivity index (χ1v) is 6.95. The fourth-order valence-corrected chi connectivity index (χ4v) is 2.27. The van der Waals surface area contributed by atoms with Gasteiger partial charge >= 0.3 is 5.97 Å². The predicted molar refractivity (Wildman–Crippen MR) is 70.5 cm³/mol. The number of aryl methyl sites for hydroxylation is 2. The zero-order chi connectivity index (χ0) is 15.2. The van der Waals surface area contributed by atoms with Crippen molar-refractivity contribution in [3.05, 3.63) is 11.7 Å². The molecule has 0 aromatic carbocycles. The highest BCUT2D eigenvalue weighted by Crippen LogP contribution is 2.15. The number of ether oxygens (including phenoxy) is 1. The van der Waals surface area contributed by atoms with Gasteiger partial charge in [0.2, 0.25) is 11.8 Å². The minimum atomic E-state index is -0.969. The molecule has 1 aliphatic heterocycles. The molecule has 1 N–H and O–H groups in total. The first kappa shape index (κ1) is 15.4. The Balaban J connectivity index is 1.69. The molecule has 0 bridgehead atoms. The summed E-state index contributed by atoms with van der Waals surface area (Å²) >= 11 is 0. The molecule has 8 nitrogen and oxygen atoms in total. The van der Waals surface area contributed by atoms with Crippen molar-refractivity contribution in [1.82, 2.24) is 15.0 Å². The van der Waals surface area contributed by atoms with Crippen LogP contribution >= 0.6 is 0 Å². The number of carboxylic acids is 1. The molecule has 21 heavy (non-hydrogen) atoms. The van der Waals surface area contributed by atoms with Crippen molar-refractivity contribution in [2.45, 2.75) is 38.7 Å². The van der Waals surface area contributed by atoms with Crippen LogP contribution in [0.5, 0.6) is 0 Å². The van der Waals surface area contributed by atoms with Crippen molar-refractivity contribution in [3.63, 3.8) is 0 Å². The fourth-order valence-electron chi connectivity index (χ4n) is 2.27. The molecular formula is C13H19N3O5. The molecule has 0 unspecified atom stereocenters. The minimum Gasteiger partial charge on any atom is -0.480 e. The second kappa shape index (κ2) is 7.16. The summed E-state index contributed by atoms with van der Waals surface area (Å²) in [6.07, 6.45) is 2.03. The molecule has 1 aromatic rings. The van der Waals surface area contributed by atoms with Gasteiger partial charge in [-0.1, -0.05) is 5.16 Å². The molecule has 0 radical (unpaired) electrons. The third-order valence-electron chi connectivity index (χ3n) is 3.36. The first-order chi connectivity index (χ1) is 10.0. The Morgan fingerprint density at radius 3 is 2.71 bits per heavy atom. The van der Waals surface area contributed by atoms with Crippen LogP contribution in [0.3, 0.4) is 0 Å². The molecule has 0 saturated carbocycles. The Bertz CT molecular complexity index is 494. The van der Waals surface area contributed by atoms with E-state index in [0.717, 1.165) is 0 Å². The van der Waals surface area contributed by atoms with E-state index in [1.54, 1.807) is 11.8 Å². The SMILES string of the molecule is Cc1noc(CCC(=O)N2CCC(OCC(=O)O)CC2)n1. The third kappa shape index (κ3) is 4.82. The highest BCUT2D eigenvalue weighted by Gasteiger charge is 2.23. The Hall–Kier alpha value is -1.96. The van der Waals surface area contributed by atoms with Gasteiger partial charge in [0, 0.05) is 25.9 Å². The van der Waals surface area contributed by atoms with Gasteiger partial charge in [-0.25, -0.2) is 4.79 Å². The number of carbonyl (C=O) groups is 2. The standard InChI is InChI=1S/C13H19N3O5/c1-9-14-11(21-15-9)2-3-12(17)16-6-4-10(5-7-16)20-8-13(18)19/h10H,2-8H2,1H3,(H,18,19). The van der Waals surface area contributed by atoms with Crippen LogP contribution < -0.4 is 0 Å². The molecule has 8 heteroatoms. The van der Waals surface area contributed by atoms with E-state index in [1.807, 2.05) is 0 Å². The number of carboxylic acid groups (broad SMARTS) is 1. The molecule has 0 aliphatic carbocycles. The van der Waals surface area contributed by atoms with Gasteiger partial charge in [0.1, 0.15) is 6.61 Å². The number of hydrogen-bond acceptors (Lipinski definition) is 6. The summed E-state index contributed by atoms with van der Waals surface area (Å²) in [5, 5.41) is 12.2. The summed E-state index contributed by atoms with van der Waals surface area (Å²) in [5.41, 5.74) is 0. The van der Waals surface area contributed by atoms with E-state index in [-0.39, 0.29) is 18.6 Å². The Labute approximate surface area is 122 Å². The maximum atomic E-state index is 12.1. The maximum absolute atomic E-state index is 12.1. The smallest absolute Gasteiger partial charge is 0.329 e. The number of carbonyl (C=O) groups excluding carboxylic acids is 1. The molecule has 1 aromatic heterocycles. The van der Waals surface area contributed by atoms with Crippen molar-refractivity contribution >= 4 is 11.9 Å². The lowest BCUT2D eigenvalue weighted by atomic mass is 10.1. The number of nitrogens with zero attached hydrogens (tertiary/aromatic N) is 3. The molecule has 0 spiro atoms. The molecule has 0 atom stereocenters. The third-order valence-corrected chi connectivity index (χ3v) is 3.36.